The van der Waals surface area contributed by atoms with E-state index >= 15 is 9.59 Å². The molecule has 0 bridgehead atoms. The minimum absolute atomic E-state index is 0.0346. The van der Waals surface area contributed by atoms with Crippen molar-refractivity contribution in [3.63, 3.8) is 0 Å². The van der Waals surface area contributed by atoms with Crippen molar-refractivity contribution in [1.29, 1.82) is 0 Å². The van der Waals surface area contributed by atoms with Crippen LogP contribution in [0, 0.1) is 63.1 Å². The summed E-state index contributed by atoms with van der Waals surface area (Å²) < 4.78 is 13.7. The number of nitrogens with zero attached hydrogens (tertiary/aromatic N) is 1. The number of halogens is 1. The highest BCUT2D eigenvalue weighted by molar-refractivity contribution is 8.00. The Labute approximate surface area is 470 Å². The summed E-state index contributed by atoms with van der Waals surface area (Å²) in [6, 6.07) is 0. The van der Waals surface area contributed by atoms with Crippen LogP contribution in [0.4, 0.5) is 5.82 Å². The number of amides is 2. The maximum Gasteiger partial charge on any atom is 0.342 e. The third kappa shape index (κ3) is 17.7. The number of carbonyl (C=O) groups is 6. The van der Waals surface area contributed by atoms with E-state index in [0.717, 1.165) is 37.4 Å². The van der Waals surface area contributed by atoms with Crippen LogP contribution in [-0.4, -0.2) is 85.8 Å². The summed E-state index contributed by atoms with van der Waals surface area (Å²) in [5, 5.41) is 23.6. The molecule has 0 saturated heterocycles. The van der Waals surface area contributed by atoms with Gasteiger partial charge in [0.15, 0.2) is 0 Å². The zero-order valence-corrected chi connectivity index (χ0v) is 51.6. The lowest BCUT2D eigenvalue weighted by molar-refractivity contribution is -0.164. The first-order chi connectivity index (χ1) is 35.5. The molecule has 4 rings (SSSR count). The van der Waals surface area contributed by atoms with Crippen LogP contribution >= 0.6 is 23.4 Å². The second kappa shape index (κ2) is 26.9. The number of aromatic nitrogens is 1. The molecule has 1 aromatic rings. The molecule has 0 aromatic carbocycles. The highest BCUT2D eigenvalue weighted by Gasteiger charge is 2.50. The summed E-state index contributed by atoms with van der Waals surface area (Å²) in [4.78, 5) is 89.8. The van der Waals surface area contributed by atoms with Gasteiger partial charge in [-0.2, -0.15) is 0 Å². The number of carboxylic acid groups (broad SMARTS) is 2. The van der Waals surface area contributed by atoms with E-state index in [1.165, 1.54) is 0 Å². The largest absolute Gasteiger partial charge is 0.481 e. The third-order valence-electron chi connectivity index (χ3n) is 16.1. The number of anilines is 1. The summed E-state index contributed by atoms with van der Waals surface area (Å²) in [6.45, 7) is 38.8. The smallest absolute Gasteiger partial charge is 0.342 e. The molecule has 0 spiro atoms. The first-order valence-corrected chi connectivity index (χ1v) is 30.0. The van der Waals surface area contributed by atoms with Crippen molar-refractivity contribution in [2.24, 2.45) is 68.1 Å². The molecule has 2 fully saturated rings. The number of hydrogen-bond donors (Lipinski definition) is 5. The van der Waals surface area contributed by atoms with Crippen molar-refractivity contribution < 1.29 is 48.5 Å². The van der Waals surface area contributed by atoms with Gasteiger partial charge in [0.1, 0.15) is 40.2 Å². The maximum atomic E-state index is 15.4. The van der Waals surface area contributed by atoms with Crippen LogP contribution in [0.3, 0.4) is 0 Å². The van der Waals surface area contributed by atoms with Gasteiger partial charge >= 0.3 is 23.9 Å². The molecule has 5 atom stereocenters. The van der Waals surface area contributed by atoms with Gasteiger partial charge in [0, 0.05) is 48.1 Å². The summed E-state index contributed by atoms with van der Waals surface area (Å²) >= 11 is 7.03. The van der Waals surface area contributed by atoms with E-state index in [1.54, 1.807) is 6.08 Å². The van der Waals surface area contributed by atoms with Gasteiger partial charge < -0.3 is 35.3 Å². The molecular weight excluding hydrogens is 1020 g/mol. The van der Waals surface area contributed by atoms with Gasteiger partial charge in [-0.25, -0.2) is 14.6 Å². The van der Waals surface area contributed by atoms with E-state index in [4.69, 9.17) is 26.1 Å². The van der Waals surface area contributed by atoms with Crippen LogP contribution in [-0.2, 0) is 33.4 Å². The number of amidine groups is 1. The quantitative estimate of drug-likeness (QED) is 0.0444. The van der Waals surface area contributed by atoms with E-state index in [2.05, 4.69) is 113 Å². The van der Waals surface area contributed by atoms with Gasteiger partial charge in [0.2, 0.25) is 11.8 Å². The van der Waals surface area contributed by atoms with Crippen LogP contribution in [0.25, 0.3) is 6.08 Å². The van der Waals surface area contributed by atoms with Gasteiger partial charge in [0.05, 0.1) is 12.1 Å². The van der Waals surface area contributed by atoms with Gasteiger partial charge in [-0.1, -0.05) is 125 Å². The number of carbonyl (C=O) groups excluding carboxylic acids is 4. The molecule has 0 radical (unpaired) electrons. The lowest BCUT2D eigenvalue weighted by Gasteiger charge is -2.50. The average molecular weight is 1110 g/mol. The Kier molecular flexibility index (Phi) is 22.9. The molecule has 2 amide bonds. The van der Waals surface area contributed by atoms with Gasteiger partial charge in [-0.05, 0) is 120 Å². The zero-order valence-electron chi connectivity index (χ0n) is 50.0. The fourth-order valence-corrected chi connectivity index (χ4v) is 13.3. The van der Waals surface area contributed by atoms with Crippen LogP contribution in [0.1, 0.15) is 223 Å². The van der Waals surface area contributed by atoms with E-state index < -0.39 is 53.7 Å². The second-order valence-corrected chi connectivity index (χ2v) is 29.3. The minimum Gasteiger partial charge on any atom is -0.481 e. The molecule has 2 aliphatic carbocycles. The minimum atomic E-state index is -1.20. The second-order valence-electron chi connectivity index (χ2n) is 27.6. The highest BCUT2D eigenvalue weighted by atomic mass is 35.5. The first-order valence-electron chi connectivity index (χ1n) is 28.4. The number of aliphatic carboxylic acids is 2. The molecule has 1 aliphatic heterocycles. The molecule has 5 N–H and O–H groups in total. The molecular formula is C61H97ClN4O10S. The normalized spacial score (nSPS) is 24.5. The van der Waals surface area contributed by atoms with Gasteiger partial charge in [-0.3, -0.25) is 19.2 Å². The number of unbranched alkanes of at least 4 members (excludes halogenated alkanes) is 2. The van der Waals surface area contributed by atoms with Gasteiger partial charge in [-0.15, -0.1) is 23.4 Å². The standard InChI is InChI=1S/C61H97ClN4O10S/c1-33(2)47-41(63-53(65-44(67)23-19-21-25-62)49(47)56(73)75-51-37(58(7,8)9)27-35(5)28-38(51)59(10,11)12)31-42-48(34(3)4)50(54(64-42)66-45(68)24-20-22-26-77-43(55(71)72)32-46(69)70)57(74)76-52-39(60(13,14)15)29-36(6)30-40(52)61(16,17)18/h31,33-40,43,51-52,64H,19-30,32H2,1-18H3,(H,66,68)(H,69,70)(H,71,72)(H,63,65,67). The van der Waals surface area contributed by atoms with Crippen molar-refractivity contribution >= 4 is 76.8 Å². The van der Waals surface area contributed by atoms with E-state index in [9.17, 15) is 29.4 Å². The molecule has 434 valence electrons. The van der Waals surface area contributed by atoms with Crippen LogP contribution < -0.4 is 10.6 Å². The molecule has 2 heterocycles. The number of alkyl halides is 1. The van der Waals surface area contributed by atoms with Crippen molar-refractivity contribution in [2.45, 2.75) is 219 Å². The number of esters is 2. The number of ether oxygens (including phenoxy) is 2. The number of carboxylic acids is 2. The van der Waals surface area contributed by atoms with Crippen molar-refractivity contribution in [1.82, 2.24) is 10.3 Å². The van der Waals surface area contributed by atoms with Crippen molar-refractivity contribution in [3.8, 4) is 0 Å². The molecule has 16 heteroatoms. The monoisotopic (exact) mass is 1110 g/mol. The molecule has 5 unspecified atom stereocenters. The fraction of sp³-hybridized carbons (Fsp3) is 0.754. The molecule has 2 saturated carbocycles. The predicted octanol–water partition coefficient (Wildman–Crippen LogP) is 14.1. The Hall–Kier alpha value is -4.11. The van der Waals surface area contributed by atoms with Crippen LogP contribution in [0.2, 0.25) is 0 Å². The molecule has 14 nitrogen and oxygen atoms in total. The summed E-state index contributed by atoms with van der Waals surface area (Å²) in [5.41, 5.74) is 1.63. The number of rotatable bonds is 21. The number of aliphatic imine (C=N–C) groups is 1. The first kappa shape index (κ1) is 65.4. The Morgan fingerprint density at radius 3 is 1.56 bits per heavy atom. The molecule has 77 heavy (non-hydrogen) atoms. The third-order valence-corrected chi connectivity index (χ3v) is 17.7. The predicted molar refractivity (Wildman–Crippen MR) is 311 cm³/mol. The Morgan fingerprint density at radius 2 is 1.14 bits per heavy atom. The Bertz CT molecular complexity index is 2330. The number of nitrogens with one attached hydrogen (secondary N) is 3. The number of hydrogen-bond acceptors (Lipinski definition) is 10. The van der Waals surface area contributed by atoms with Crippen molar-refractivity contribution in [3.05, 3.63) is 33.7 Å². The maximum absolute atomic E-state index is 15.4. The van der Waals surface area contributed by atoms with E-state index in [-0.39, 0.29) is 98.7 Å². The van der Waals surface area contributed by atoms with Crippen LogP contribution in [0.5, 0.6) is 0 Å². The molecule has 3 aliphatic rings. The van der Waals surface area contributed by atoms with E-state index in [1.807, 2.05) is 27.7 Å². The highest BCUT2D eigenvalue weighted by Crippen LogP contribution is 2.52. The summed E-state index contributed by atoms with van der Waals surface area (Å²) in [5.74, 6) is -2.81. The summed E-state index contributed by atoms with van der Waals surface area (Å²) in [7, 11) is 0. The summed E-state index contributed by atoms with van der Waals surface area (Å²) in [6.07, 6.45) is 6.20. The topological polar surface area (TPSA) is 214 Å². The van der Waals surface area contributed by atoms with Crippen LogP contribution in [0.15, 0.2) is 21.8 Å². The van der Waals surface area contributed by atoms with E-state index in [0.29, 0.717) is 71.7 Å². The zero-order chi connectivity index (χ0) is 58.3. The SMILES string of the molecule is CC1CC(C(C)(C)C)C(OC(=O)C2=C(C(C)C)C(=Cc3[nH]c(NC(=O)CCCCSC(CC(=O)O)C(=O)O)c(C(=O)OC4C(C(C)(C)C)CC(C)CC4C(C)(C)C)c3C(C)C)N=C2NC(=O)CCCCCl)C(C(C)(C)C)C1. The number of allylic oxidation sites excluding steroid dienone is 1. The Morgan fingerprint density at radius 1 is 0.688 bits per heavy atom. The van der Waals surface area contributed by atoms with Crippen molar-refractivity contribution in [2.75, 3.05) is 16.9 Å². The number of aromatic amines is 1. The fourth-order valence-electron chi connectivity index (χ4n) is 12.0. The lowest BCUT2D eigenvalue weighted by Crippen LogP contribution is -2.50. The average Bonchev–Trinajstić information content (AvgIpc) is 3.82. The lowest BCUT2D eigenvalue weighted by atomic mass is 9.59. The Balaban J connectivity index is 1.94. The van der Waals surface area contributed by atoms with Gasteiger partial charge in [0.25, 0.3) is 0 Å². The molecule has 1 aromatic heterocycles. The number of thioether (sulfide) groups is 1. The number of H-pyrrole nitrogens is 1.